The molecule has 18 heavy (non-hydrogen) atoms. The van der Waals surface area contributed by atoms with Crippen LogP contribution in [0.3, 0.4) is 0 Å². The van der Waals surface area contributed by atoms with E-state index < -0.39 is 11.4 Å². The molecule has 0 radical (unpaired) electrons. The first-order valence-electron chi connectivity index (χ1n) is 7.40. The van der Waals surface area contributed by atoms with Gasteiger partial charge in [0.05, 0.1) is 11.0 Å². The second kappa shape index (κ2) is 5.20. The van der Waals surface area contributed by atoms with Crippen LogP contribution in [0.25, 0.3) is 0 Å². The molecule has 0 aromatic heterocycles. The van der Waals surface area contributed by atoms with Gasteiger partial charge >= 0.3 is 5.97 Å². The van der Waals surface area contributed by atoms with Crippen molar-refractivity contribution in [3.8, 4) is 0 Å². The summed E-state index contributed by atoms with van der Waals surface area (Å²) in [5.74, 6) is -0.366. The Hall–Kier alpha value is -0.570. The summed E-state index contributed by atoms with van der Waals surface area (Å²) in [5.41, 5.74) is -0.568. The maximum absolute atomic E-state index is 11.6. The fourth-order valence-corrected chi connectivity index (χ4v) is 3.73. The van der Waals surface area contributed by atoms with Crippen LogP contribution in [0, 0.1) is 11.3 Å². The highest BCUT2D eigenvalue weighted by atomic mass is 16.5. The smallest absolute Gasteiger partial charge is 0.309 e. The molecule has 2 fully saturated rings. The first-order valence-corrected chi connectivity index (χ1v) is 7.40. The molecule has 3 heteroatoms. The van der Waals surface area contributed by atoms with Crippen molar-refractivity contribution in [2.24, 2.45) is 11.3 Å². The summed E-state index contributed by atoms with van der Waals surface area (Å²) in [4.78, 5) is 11.6. The highest BCUT2D eigenvalue weighted by molar-refractivity contribution is 5.74. The van der Waals surface area contributed by atoms with Gasteiger partial charge in [-0.15, -0.1) is 0 Å². The van der Waals surface area contributed by atoms with Gasteiger partial charge in [-0.05, 0) is 44.9 Å². The van der Waals surface area contributed by atoms with E-state index in [1.165, 1.54) is 19.3 Å². The molecule has 3 nitrogen and oxygen atoms in total. The zero-order valence-corrected chi connectivity index (χ0v) is 11.7. The second-order valence-electron chi connectivity index (χ2n) is 6.36. The number of hydrogen-bond acceptors (Lipinski definition) is 2. The first kappa shape index (κ1) is 13.9. The zero-order valence-electron chi connectivity index (χ0n) is 11.7. The Kier molecular flexibility index (Phi) is 4.00. The van der Waals surface area contributed by atoms with E-state index in [0.29, 0.717) is 6.42 Å². The molecular formula is C15H26O3. The highest BCUT2D eigenvalue weighted by Gasteiger charge is 2.47. The number of carbonyl (C=O) groups is 1. The molecule has 1 N–H and O–H groups in total. The molecule has 2 aliphatic rings. The molecule has 0 aromatic rings. The van der Waals surface area contributed by atoms with E-state index in [1.807, 2.05) is 13.8 Å². The lowest BCUT2D eigenvalue weighted by Gasteiger charge is -2.47. The van der Waals surface area contributed by atoms with Crippen LogP contribution in [-0.2, 0) is 9.53 Å². The molecule has 0 aromatic carbocycles. The fraction of sp³-hybridized carbons (Fsp3) is 0.933. The van der Waals surface area contributed by atoms with Crippen LogP contribution in [0.4, 0.5) is 0 Å². The van der Waals surface area contributed by atoms with E-state index in [9.17, 15) is 9.90 Å². The van der Waals surface area contributed by atoms with Gasteiger partial charge in [-0.2, -0.15) is 0 Å². The van der Waals surface area contributed by atoms with Crippen molar-refractivity contribution < 1.29 is 14.6 Å². The number of carboxylic acid groups (broad SMARTS) is 1. The quantitative estimate of drug-likeness (QED) is 0.836. The summed E-state index contributed by atoms with van der Waals surface area (Å²) in [5, 5.41) is 9.53. The third kappa shape index (κ3) is 2.42. The number of rotatable bonds is 3. The Bertz CT molecular complexity index is 301. The maximum Gasteiger partial charge on any atom is 0.309 e. The zero-order chi connectivity index (χ0) is 13.2. The largest absolute Gasteiger partial charge is 0.481 e. The van der Waals surface area contributed by atoms with Crippen LogP contribution in [0.1, 0.15) is 65.2 Å². The number of hydrogen-bond donors (Lipinski definition) is 1. The Balaban J connectivity index is 2.12. The molecule has 2 atom stereocenters. The lowest BCUT2D eigenvalue weighted by atomic mass is 9.65. The summed E-state index contributed by atoms with van der Waals surface area (Å²) in [7, 11) is 0. The molecule has 1 saturated heterocycles. The molecule has 1 aliphatic heterocycles. The lowest BCUT2D eigenvalue weighted by molar-refractivity contribution is -0.166. The van der Waals surface area contributed by atoms with Crippen molar-refractivity contribution in [2.75, 3.05) is 6.61 Å². The average Bonchev–Trinajstić information content (AvgIpc) is 2.38. The highest BCUT2D eigenvalue weighted by Crippen LogP contribution is 2.47. The van der Waals surface area contributed by atoms with E-state index in [0.717, 1.165) is 32.3 Å². The lowest BCUT2D eigenvalue weighted by Crippen LogP contribution is -2.47. The minimum absolute atomic E-state index is 0.00699. The molecular weight excluding hydrogens is 228 g/mol. The summed E-state index contributed by atoms with van der Waals surface area (Å²) < 4.78 is 6.06. The summed E-state index contributed by atoms with van der Waals surface area (Å²) in [6, 6.07) is 0. The van der Waals surface area contributed by atoms with Gasteiger partial charge in [0.15, 0.2) is 0 Å². The van der Waals surface area contributed by atoms with Crippen LogP contribution in [-0.4, -0.2) is 23.3 Å². The molecule has 2 rings (SSSR count). The van der Waals surface area contributed by atoms with Crippen molar-refractivity contribution in [3.05, 3.63) is 0 Å². The Morgan fingerprint density at radius 2 is 2.06 bits per heavy atom. The summed E-state index contributed by atoms with van der Waals surface area (Å²) in [6.07, 6.45) is 8.60. The van der Waals surface area contributed by atoms with Gasteiger partial charge in [0.2, 0.25) is 0 Å². The molecule has 1 aliphatic carbocycles. The van der Waals surface area contributed by atoms with Crippen molar-refractivity contribution in [2.45, 2.75) is 70.8 Å². The van der Waals surface area contributed by atoms with E-state index in [-0.39, 0.29) is 11.5 Å². The van der Waals surface area contributed by atoms with E-state index in [1.54, 1.807) is 0 Å². The first-order chi connectivity index (χ1) is 8.52. The molecule has 0 bridgehead atoms. The van der Waals surface area contributed by atoms with Gasteiger partial charge < -0.3 is 9.84 Å². The standard InChI is InChI=1S/C15H26O3/c1-3-14(2,13(16)17)12-7-10-18-15(11-12)8-5-4-6-9-15/h12H,3-11H2,1-2H3,(H,16,17). The normalized spacial score (nSPS) is 30.9. The SMILES string of the molecule is CCC(C)(C(=O)O)C1CCOC2(CCCCC2)C1. The van der Waals surface area contributed by atoms with Gasteiger partial charge in [0.1, 0.15) is 0 Å². The van der Waals surface area contributed by atoms with Gasteiger partial charge in [-0.25, -0.2) is 0 Å². The molecule has 2 unspecified atom stereocenters. The van der Waals surface area contributed by atoms with Crippen LogP contribution in [0.2, 0.25) is 0 Å². The summed E-state index contributed by atoms with van der Waals surface area (Å²) in [6.45, 7) is 4.66. The van der Waals surface area contributed by atoms with E-state index in [4.69, 9.17) is 4.74 Å². The minimum atomic E-state index is -0.636. The third-order valence-corrected chi connectivity index (χ3v) is 5.38. The monoisotopic (exact) mass is 254 g/mol. The molecule has 0 amide bonds. The minimum Gasteiger partial charge on any atom is -0.481 e. The predicted molar refractivity (Wildman–Crippen MR) is 70.5 cm³/mol. The van der Waals surface area contributed by atoms with Crippen LogP contribution < -0.4 is 0 Å². The van der Waals surface area contributed by atoms with Gasteiger partial charge in [0, 0.05) is 6.61 Å². The maximum atomic E-state index is 11.6. The van der Waals surface area contributed by atoms with Crippen molar-refractivity contribution in [3.63, 3.8) is 0 Å². The predicted octanol–water partition coefficient (Wildman–Crippen LogP) is 3.62. The number of aliphatic carboxylic acids is 1. The van der Waals surface area contributed by atoms with Gasteiger partial charge in [-0.1, -0.05) is 26.2 Å². The second-order valence-corrected chi connectivity index (χ2v) is 6.36. The number of ether oxygens (including phenoxy) is 1. The third-order valence-electron chi connectivity index (χ3n) is 5.38. The average molecular weight is 254 g/mol. The van der Waals surface area contributed by atoms with Crippen LogP contribution >= 0.6 is 0 Å². The number of carboxylic acids is 1. The Labute approximate surface area is 110 Å². The van der Waals surface area contributed by atoms with Crippen molar-refractivity contribution in [1.29, 1.82) is 0 Å². The topological polar surface area (TPSA) is 46.5 Å². The van der Waals surface area contributed by atoms with E-state index in [2.05, 4.69) is 0 Å². The fourth-order valence-electron chi connectivity index (χ4n) is 3.73. The Morgan fingerprint density at radius 1 is 1.39 bits per heavy atom. The van der Waals surface area contributed by atoms with Crippen molar-refractivity contribution >= 4 is 5.97 Å². The van der Waals surface area contributed by atoms with Crippen molar-refractivity contribution in [1.82, 2.24) is 0 Å². The summed E-state index contributed by atoms with van der Waals surface area (Å²) >= 11 is 0. The molecule has 1 saturated carbocycles. The molecule has 1 spiro atoms. The van der Waals surface area contributed by atoms with E-state index >= 15 is 0 Å². The van der Waals surface area contributed by atoms with Crippen LogP contribution in [0.15, 0.2) is 0 Å². The molecule has 104 valence electrons. The Morgan fingerprint density at radius 3 is 2.61 bits per heavy atom. The van der Waals surface area contributed by atoms with Gasteiger partial charge in [0.25, 0.3) is 0 Å². The molecule has 1 heterocycles. The van der Waals surface area contributed by atoms with Crippen LogP contribution in [0.5, 0.6) is 0 Å². The van der Waals surface area contributed by atoms with Gasteiger partial charge in [-0.3, -0.25) is 4.79 Å².